The molecule has 0 heterocycles. The molecule has 0 spiro atoms. The van der Waals surface area contributed by atoms with Crippen molar-refractivity contribution < 1.29 is 14.3 Å². The second kappa shape index (κ2) is 5.11. The third kappa shape index (κ3) is 2.41. The van der Waals surface area contributed by atoms with Crippen LogP contribution in [0.1, 0.15) is 31.7 Å². The molecule has 0 radical (unpaired) electrons. The lowest BCUT2D eigenvalue weighted by Gasteiger charge is -2.40. The van der Waals surface area contributed by atoms with Crippen molar-refractivity contribution in [1.29, 1.82) is 0 Å². The summed E-state index contributed by atoms with van der Waals surface area (Å²) in [7, 11) is 0. The number of halogens is 1. The van der Waals surface area contributed by atoms with Crippen LogP contribution in [0.2, 0.25) is 5.02 Å². The molecule has 2 rings (SSSR count). The van der Waals surface area contributed by atoms with E-state index in [2.05, 4.69) is 0 Å². The molecule has 1 fully saturated rings. The van der Waals surface area contributed by atoms with Crippen LogP contribution in [0, 0.1) is 0 Å². The van der Waals surface area contributed by atoms with Crippen LogP contribution in [-0.2, 0) is 19.7 Å². The van der Waals surface area contributed by atoms with Crippen LogP contribution in [0.15, 0.2) is 24.3 Å². The van der Waals surface area contributed by atoms with Gasteiger partial charge in [-0.3, -0.25) is 9.59 Å². The maximum Gasteiger partial charge on any atom is 0.303 e. The lowest BCUT2D eigenvalue weighted by Crippen LogP contribution is -2.44. The number of carbonyl (C=O) groups is 2. The van der Waals surface area contributed by atoms with E-state index < -0.39 is 11.4 Å². The van der Waals surface area contributed by atoms with E-state index >= 15 is 0 Å². The number of esters is 1. The van der Waals surface area contributed by atoms with Crippen molar-refractivity contribution in [2.75, 3.05) is 6.61 Å². The Balaban J connectivity index is 2.17. The van der Waals surface area contributed by atoms with Crippen molar-refractivity contribution in [3.63, 3.8) is 0 Å². The number of hydrogen-bond donors (Lipinski definition) is 0. The number of benzene rings is 1. The quantitative estimate of drug-likeness (QED) is 0.787. The molecular formula is C14H15ClO3. The summed E-state index contributed by atoms with van der Waals surface area (Å²) >= 11 is 5.85. The van der Waals surface area contributed by atoms with Gasteiger partial charge in [0, 0.05) is 11.9 Å². The lowest BCUT2D eigenvalue weighted by atomic mass is 9.62. The van der Waals surface area contributed by atoms with Gasteiger partial charge >= 0.3 is 5.97 Å². The summed E-state index contributed by atoms with van der Waals surface area (Å²) in [5.41, 5.74) is 0.496. The van der Waals surface area contributed by atoms with E-state index in [9.17, 15) is 9.59 Å². The van der Waals surface area contributed by atoms with Gasteiger partial charge in [0.1, 0.15) is 0 Å². The van der Waals surface area contributed by atoms with E-state index in [4.69, 9.17) is 16.3 Å². The molecule has 0 aromatic heterocycles. The standard InChI is InChI=1S/C14H15ClO3/c1-10(16)18-9-13(17)14(7-2-8-14)11-3-5-12(15)6-4-11/h3-6H,2,7-9H2,1H3. The predicted molar refractivity (Wildman–Crippen MR) is 68.6 cm³/mol. The first kappa shape index (κ1) is 13.1. The molecule has 1 aromatic rings. The molecule has 1 aromatic carbocycles. The van der Waals surface area contributed by atoms with Gasteiger partial charge in [-0.05, 0) is 30.5 Å². The molecule has 0 unspecified atom stereocenters. The fraction of sp³-hybridized carbons (Fsp3) is 0.429. The van der Waals surface area contributed by atoms with Crippen molar-refractivity contribution in [2.45, 2.75) is 31.6 Å². The highest BCUT2D eigenvalue weighted by Gasteiger charge is 2.45. The smallest absolute Gasteiger partial charge is 0.303 e. The normalized spacial score (nSPS) is 16.8. The van der Waals surface area contributed by atoms with Crippen molar-refractivity contribution in [3.05, 3.63) is 34.9 Å². The Labute approximate surface area is 111 Å². The monoisotopic (exact) mass is 266 g/mol. The molecule has 1 saturated carbocycles. The zero-order valence-corrected chi connectivity index (χ0v) is 11.0. The second-order valence-electron chi connectivity index (χ2n) is 4.65. The number of ether oxygens (including phenoxy) is 1. The SMILES string of the molecule is CC(=O)OCC(=O)C1(c2ccc(Cl)cc2)CCC1. The van der Waals surface area contributed by atoms with Crippen molar-refractivity contribution in [3.8, 4) is 0 Å². The molecule has 96 valence electrons. The maximum atomic E-state index is 12.2. The highest BCUT2D eigenvalue weighted by Crippen LogP contribution is 2.44. The van der Waals surface area contributed by atoms with Crippen LogP contribution in [0.4, 0.5) is 0 Å². The summed E-state index contributed by atoms with van der Waals surface area (Å²) in [4.78, 5) is 23.0. The third-order valence-corrected chi connectivity index (χ3v) is 3.80. The minimum atomic E-state index is -0.472. The van der Waals surface area contributed by atoms with Crippen LogP contribution >= 0.6 is 11.6 Å². The first-order valence-electron chi connectivity index (χ1n) is 5.97. The van der Waals surface area contributed by atoms with Gasteiger partial charge < -0.3 is 4.74 Å². The van der Waals surface area contributed by atoms with E-state index in [1.807, 2.05) is 12.1 Å². The number of ketones is 1. The van der Waals surface area contributed by atoms with Gasteiger partial charge in [-0.1, -0.05) is 30.2 Å². The van der Waals surface area contributed by atoms with Gasteiger partial charge in [-0.2, -0.15) is 0 Å². The average Bonchev–Trinajstić information content (AvgIpc) is 2.27. The number of hydrogen-bond acceptors (Lipinski definition) is 3. The molecule has 0 aliphatic heterocycles. The Kier molecular flexibility index (Phi) is 3.71. The molecule has 0 amide bonds. The molecule has 0 atom stereocenters. The van der Waals surface area contributed by atoms with E-state index in [0.717, 1.165) is 24.8 Å². The number of carbonyl (C=O) groups excluding carboxylic acids is 2. The minimum absolute atomic E-state index is 0.0220. The van der Waals surface area contributed by atoms with Crippen LogP contribution in [0.5, 0.6) is 0 Å². The van der Waals surface area contributed by atoms with Gasteiger partial charge in [0.05, 0.1) is 5.41 Å². The van der Waals surface area contributed by atoms with Gasteiger partial charge in [0.2, 0.25) is 0 Å². The van der Waals surface area contributed by atoms with Crippen molar-refractivity contribution in [2.24, 2.45) is 0 Å². The maximum absolute atomic E-state index is 12.2. The van der Waals surface area contributed by atoms with Gasteiger partial charge in [-0.25, -0.2) is 0 Å². The van der Waals surface area contributed by atoms with E-state index in [0.29, 0.717) is 5.02 Å². The predicted octanol–water partition coefficient (Wildman–Crippen LogP) is 2.89. The summed E-state index contributed by atoms with van der Waals surface area (Å²) in [5.74, 6) is -0.444. The van der Waals surface area contributed by atoms with Crippen LogP contribution in [0.3, 0.4) is 0 Å². The minimum Gasteiger partial charge on any atom is -0.458 e. The zero-order chi connectivity index (χ0) is 13.2. The molecule has 4 heteroatoms. The fourth-order valence-electron chi connectivity index (χ4n) is 2.33. The highest BCUT2D eigenvalue weighted by molar-refractivity contribution is 6.30. The van der Waals surface area contributed by atoms with E-state index in [-0.39, 0.29) is 12.4 Å². The Morgan fingerprint density at radius 2 is 1.89 bits per heavy atom. The van der Waals surface area contributed by atoms with Crippen molar-refractivity contribution in [1.82, 2.24) is 0 Å². The third-order valence-electron chi connectivity index (χ3n) is 3.54. The van der Waals surface area contributed by atoms with Crippen molar-refractivity contribution >= 4 is 23.4 Å². The van der Waals surface area contributed by atoms with Gasteiger partial charge in [0.25, 0.3) is 0 Å². The summed E-state index contributed by atoms with van der Waals surface area (Å²) in [6.07, 6.45) is 2.65. The lowest BCUT2D eigenvalue weighted by molar-refractivity contribution is -0.148. The summed E-state index contributed by atoms with van der Waals surface area (Å²) in [5, 5.41) is 0.653. The van der Waals surface area contributed by atoms with E-state index in [1.54, 1.807) is 12.1 Å². The van der Waals surface area contributed by atoms with Crippen LogP contribution < -0.4 is 0 Å². The topological polar surface area (TPSA) is 43.4 Å². The highest BCUT2D eigenvalue weighted by atomic mass is 35.5. The number of Topliss-reactive ketones (excluding diaryl/α,β-unsaturated/α-hetero) is 1. The Morgan fingerprint density at radius 3 is 2.33 bits per heavy atom. The molecule has 1 aliphatic rings. The van der Waals surface area contributed by atoms with Crippen LogP contribution in [0.25, 0.3) is 0 Å². The summed E-state index contributed by atoms with van der Waals surface area (Å²) in [6, 6.07) is 7.34. The molecule has 18 heavy (non-hydrogen) atoms. The Hall–Kier alpha value is -1.35. The number of rotatable bonds is 4. The Bertz CT molecular complexity index is 460. The van der Waals surface area contributed by atoms with E-state index in [1.165, 1.54) is 6.92 Å². The van der Waals surface area contributed by atoms with Gasteiger partial charge in [0.15, 0.2) is 12.4 Å². The largest absolute Gasteiger partial charge is 0.458 e. The molecule has 0 N–H and O–H groups in total. The molecular weight excluding hydrogens is 252 g/mol. The Morgan fingerprint density at radius 1 is 1.28 bits per heavy atom. The molecule has 0 saturated heterocycles. The van der Waals surface area contributed by atoms with Gasteiger partial charge in [-0.15, -0.1) is 0 Å². The zero-order valence-electron chi connectivity index (χ0n) is 10.2. The fourth-order valence-corrected chi connectivity index (χ4v) is 2.46. The summed E-state index contributed by atoms with van der Waals surface area (Å²) < 4.78 is 4.82. The first-order chi connectivity index (χ1) is 8.54. The second-order valence-corrected chi connectivity index (χ2v) is 5.08. The average molecular weight is 267 g/mol. The molecule has 1 aliphatic carbocycles. The molecule has 3 nitrogen and oxygen atoms in total. The summed E-state index contributed by atoms with van der Waals surface area (Å²) in [6.45, 7) is 1.17. The molecule has 0 bridgehead atoms. The van der Waals surface area contributed by atoms with Crippen LogP contribution in [-0.4, -0.2) is 18.4 Å². The first-order valence-corrected chi connectivity index (χ1v) is 6.35.